The zero-order chi connectivity index (χ0) is 15.2. The Hall–Kier alpha value is -1.36. The molecule has 1 saturated carbocycles. The fraction of sp³-hybridized carbons (Fsp3) is 0.765. The van der Waals surface area contributed by atoms with E-state index in [-0.39, 0.29) is 0 Å². The molecular formula is C17H28N4O. The van der Waals surface area contributed by atoms with Crippen LogP contribution in [0.15, 0.2) is 18.5 Å². The van der Waals surface area contributed by atoms with Crippen molar-refractivity contribution in [1.29, 1.82) is 0 Å². The number of aromatic nitrogens is 2. The third-order valence-corrected chi connectivity index (χ3v) is 4.97. The molecule has 0 radical (unpaired) electrons. The predicted octanol–water partition coefficient (Wildman–Crippen LogP) is 2.04. The van der Waals surface area contributed by atoms with Crippen LogP contribution in [0.25, 0.3) is 0 Å². The van der Waals surface area contributed by atoms with Crippen LogP contribution in [0.2, 0.25) is 0 Å². The molecule has 1 aliphatic carbocycles. The Balaban J connectivity index is 1.34. The molecule has 0 spiro atoms. The number of likely N-dealkylation sites (tertiary alicyclic amines) is 1. The van der Waals surface area contributed by atoms with Crippen molar-refractivity contribution in [2.75, 3.05) is 19.6 Å². The van der Waals surface area contributed by atoms with Gasteiger partial charge in [-0.15, -0.1) is 0 Å². The Morgan fingerprint density at radius 3 is 2.91 bits per heavy atom. The van der Waals surface area contributed by atoms with Gasteiger partial charge in [0, 0.05) is 44.5 Å². The third-order valence-electron chi connectivity index (χ3n) is 4.97. The summed E-state index contributed by atoms with van der Waals surface area (Å²) in [5.74, 6) is 1.09. The lowest BCUT2D eigenvalue weighted by atomic mass is 9.89. The van der Waals surface area contributed by atoms with Crippen molar-refractivity contribution in [3.05, 3.63) is 18.5 Å². The molecular weight excluding hydrogens is 276 g/mol. The highest BCUT2D eigenvalue weighted by Crippen LogP contribution is 2.26. The van der Waals surface area contributed by atoms with Gasteiger partial charge in [-0.25, -0.2) is 0 Å². The molecule has 122 valence electrons. The number of hydrogen-bond acceptors (Lipinski definition) is 3. The number of nitrogens with one attached hydrogen (secondary N) is 1. The summed E-state index contributed by atoms with van der Waals surface area (Å²) in [4.78, 5) is 14.2. The van der Waals surface area contributed by atoms with E-state index in [1.165, 1.54) is 32.1 Å². The highest BCUT2D eigenvalue weighted by atomic mass is 16.2. The van der Waals surface area contributed by atoms with E-state index in [0.29, 0.717) is 18.4 Å². The van der Waals surface area contributed by atoms with Gasteiger partial charge in [0.05, 0.1) is 0 Å². The summed E-state index contributed by atoms with van der Waals surface area (Å²) in [6.07, 6.45) is 12.2. The molecule has 1 aliphatic heterocycles. The van der Waals surface area contributed by atoms with Gasteiger partial charge in [-0.05, 0) is 37.8 Å². The molecule has 3 rings (SSSR count). The van der Waals surface area contributed by atoms with E-state index in [1.807, 2.05) is 23.1 Å². The Bertz CT molecular complexity index is 453. The van der Waals surface area contributed by atoms with Gasteiger partial charge in [0.25, 0.3) is 0 Å². The van der Waals surface area contributed by atoms with Crippen molar-refractivity contribution >= 4 is 5.91 Å². The molecule has 1 aromatic rings. The minimum atomic E-state index is 0.341. The maximum atomic E-state index is 12.1. The molecule has 5 heteroatoms. The van der Waals surface area contributed by atoms with Crippen LogP contribution in [0.1, 0.15) is 44.9 Å². The first-order valence-electron chi connectivity index (χ1n) is 8.80. The van der Waals surface area contributed by atoms with E-state index in [0.717, 1.165) is 38.5 Å². The van der Waals surface area contributed by atoms with E-state index in [1.54, 1.807) is 0 Å². The second kappa shape index (κ2) is 7.77. The maximum Gasteiger partial charge on any atom is 0.224 e. The quantitative estimate of drug-likeness (QED) is 0.784. The lowest BCUT2D eigenvalue weighted by Crippen LogP contribution is -2.36. The summed E-state index contributed by atoms with van der Waals surface area (Å²) in [6, 6.07) is 2.29. The van der Waals surface area contributed by atoms with E-state index >= 15 is 0 Å². The van der Waals surface area contributed by atoms with Crippen LogP contribution in [0, 0.1) is 5.92 Å². The predicted molar refractivity (Wildman–Crippen MR) is 86.4 cm³/mol. The van der Waals surface area contributed by atoms with E-state index in [4.69, 9.17) is 0 Å². The van der Waals surface area contributed by atoms with E-state index < -0.39 is 0 Å². The average Bonchev–Trinajstić information content (AvgIpc) is 3.16. The van der Waals surface area contributed by atoms with E-state index in [9.17, 15) is 4.79 Å². The smallest absolute Gasteiger partial charge is 0.224 e. The molecule has 1 saturated heterocycles. The van der Waals surface area contributed by atoms with Crippen molar-refractivity contribution in [2.24, 2.45) is 5.92 Å². The number of hydrogen-bond donors (Lipinski definition) is 1. The van der Waals surface area contributed by atoms with Gasteiger partial charge in [0.2, 0.25) is 5.91 Å². The summed E-state index contributed by atoms with van der Waals surface area (Å²) < 4.78 is 1.96. The minimum absolute atomic E-state index is 0.341. The molecule has 2 heterocycles. The number of aryl methyl sites for hydroxylation is 1. The van der Waals surface area contributed by atoms with E-state index in [2.05, 4.69) is 15.3 Å². The summed E-state index contributed by atoms with van der Waals surface area (Å²) in [5.41, 5.74) is 0. The maximum absolute atomic E-state index is 12.1. The summed E-state index contributed by atoms with van der Waals surface area (Å²) >= 11 is 0. The van der Waals surface area contributed by atoms with Crippen LogP contribution in [0.3, 0.4) is 0 Å². The van der Waals surface area contributed by atoms with Crippen LogP contribution in [-0.4, -0.2) is 46.3 Å². The van der Waals surface area contributed by atoms with Gasteiger partial charge in [0.1, 0.15) is 0 Å². The molecule has 22 heavy (non-hydrogen) atoms. The van der Waals surface area contributed by atoms with Gasteiger partial charge >= 0.3 is 0 Å². The highest BCUT2D eigenvalue weighted by Gasteiger charge is 2.30. The highest BCUT2D eigenvalue weighted by molar-refractivity contribution is 5.79. The monoisotopic (exact) mass is 304 g/mol. The van der Waals surface area contributed by atoms with Crippen LogP contribution in [0.5, 0.6) is 0 Å². The van der Waals surface area contributed by atoms with Crippen LogP contribution in [0.4, 0.5) is 0 Å². The molecule has 1 amide bonds. The SMILES string of the molecule is O=C1CC(NCCCn2cccn2)CN1CC1CCCCC1. The number of amides is 1. The molecule has 2 fully saturated rings. The number of carbonyl (C=O) groups is 1. The Morgan fingerprint density at radius 1 is 1.27 bits per heavy atom. The Kier molecular flexibility index (Phi) is 5.48. The molecule has 1 unspecified atom stereocenters. The number of carbonyl (C=O) groups excluding carboxylic acids is 1. The number of rotatable bonds is 7. The molecule has 5 nitrogen and oxygen atoms in total. The normalized spacial score (nSPS) is 23.4. The lowest BCUT2D eigenvalue weighted by molar-refractivity contribution is -0.128. The molecule has 1 atom stereocenters. The van der Waals surface area contributed by atoms with Gasteiger partial charge in [0.15, 0.2) is 0 Å². The zero-order valence-electron chi connectivity index (χ0n) is 13.4. The standard InChI is InChI=1S/C17H28N4O/c22-17-12-16(18-8-4-10-21-11-5-9-19-21)14-20(17)13-15-6-2-1-3-7-15/h5,9,11,15-16,18H,1-4,6-8,10,12-14H2. The summed E-state index contributed by atoms with van der Waals surface area (Å²) in [6.45, 7) is 3.78. The minimum Gasteiger partial charge on any atom is -0.341 e. The van der Waals surface area contributed by atoms with Gasteiger partial charge < -0.3 is 10.2 Å². The van der Waals surface area contributed by atoms with Crippen LogP contribution in [-0.2, 0) is 11.3 Å². The Morgan fingerprint density at radius 2 is 2.14 bits per heavy atom. The van der Waals surface area contributed by atoms with Gasteiger partial charge in [-0.3, -0.25) is 9.48 Å². The van der Waals surface area contributed by atoms with Gasteiger partial charge in [-0.1, -0.05) is 19.3 Å². The molecule has 2 aliphatic rings. The first-order valence-corrected chi connectivity index (χ1v) is 8.80. The van der Waals surface area contributed by atoms with Crippen LogP contribution < -0.4 is 5.32 Å². The molecule has 0 aromatic carbocycles. The van der Waals surface area contributed by atoms with Crippen LogP contribution >= 0.6 is 0 Å². The largest absolute Gasteiger partial charge is 0.341 e. The van der Waals surface area contributed by atoms with Gasteiger partial charge in [-0.2, -0.15) is 5.10 Å². The third kappa shape index (κ3) is 4.32. The average molecular weight is 304 g/mol. The van der Waals surface area contributed by atoms with Crippen molar-refractivity contribution in [3.8, 4) is 0 Å². The fourth-order valence-electron chi connectivity index (χ4n) is 3.75. The first kappa shape index (κ1) is 15.5. The second-order valence-corrected chi connectivity index (χ2v) is 6.78. The topological polar surface area (TPSA) is 50.2 Å². The second-order valence-electron chi connectivity index (χ2n) is 6.78. The summed E-state index contributed by atoms with van der Waals surface area (Å²) in [7, 11) is 0. The van der Waals surface area contributed by atoms with Crippen molar-refractivity contribution in [1.82, 2.24) is 20.0 Å². The molecule has 1 aromatic heterocycles. The zero-order valence-corrected chi connectivity index (χ0v) is 13.4. The Labute approximate surface area is 133 Å². The summed E-state index contributed by atoms with van der Waals surface area (Å²) in [5, 5.41) is 7.74. The first-order chi connectivity index (χ1) is 10.8. The lowest BCUT2D eigenvalue weighted by Gasteiger charge is -2.27. The number of nitrogens with zero attached hydrogens (tertiary/aromatic N) is 3. The van der Waals surface area contributed by atoms with Crippen molar-refractivity contribution in [2.45, 2.75) is 57.5 Å². The molecule has 0 bridgehead atoms. The van der Waals surface area contributed by atoms with Crippen molar-refractivity contribution in [3.63, 3.8) is 0 Å². The fourth-order valence-corrected chi connectivity index (χ4v) is 3.75. The molecule has 1 N–H and O–H groups in total. The van der Waals surface area contributed by atoms with Crippen molar-refractivity contribution < 1.29 is 4.79 Å².